The first-order chi connectivity index (χ1) is 18.1. The summed E-state index contributed by atoms with van der Waals surface area (Å²) in [5.74, 6) is 0.439. The van der Waals surface area contributed by atoms with Gasteiger partial charge in [0.15, 0.2) is 0 Å². The Hall–Kier alpha value is -4.38. The summed E-state index contributed by atoms with van der Waals surface area (Å²) in [5, 5.41) is 18.2. The Balaban J connectivity index is 1.46. The lowest BCUT2D eigenvalue weighted by Crippen LogP contribution is -2.51. The van der Waals surface area contributed by atoms with E-state index in [2.05, 4.69) is 25.7 Å². The second kappa shape index (κ2) is 11.1. The Bertz CT molecular complexity index is 1480. The van der Waals surface area contributed by atoms with Crippen LogP contribution in [-0.4, -0.2) is 43.0 Å². The average Bonchev–Trinajstić information content (AvgIpc) is 3.70. The third kappa shape index (κ3) is 5.56. The predicted octanol–water partition coefficient (Wildman–Crippen LogP) is 4.06. The molecule has 11 heteroatoms. The van der Waals surface area contributed by atoms with Gasteiger partial charge in [0.2, 0.25) is 11.7 Å². The van der Waals surface area contributed by atoms with E-state index in [1.807, 2.05) is 54.8 Å². The fraction of sp³-hybridized carbons (Fsp3) is 0.231. The van der Waals surface area contributed by atoms with E-state index in [0.717, 1.165) is 15.8 Å². The van der Waals surface area contributed by atoms with Gasteiger partial charge in [-0.25, -0.2) is 0 Å². The molecule has 0 aliphatic carbocycles. The molecular weight excluding hydrogens is 490 g/mol. The summed E-state index contributed by atoms with van der Waals surface area (Å²) in [4.78, 5) is 35.3. The largest absolute Gasteiger partial charge is 0.467 e. The normalized spacial score (nSPS) is 11.9. The highest BCUT2D eigenvalue weighted by Crippen LogP contribution is 2.25. The van der Waals surface area contributed by atoms with Crippen LogP contribution in [0.25, 0.3) is 21.6 Å². The summed E-state index contributed by atoms with van der Waals surface area (Å²) in [7, 11) is 0. The molecule has 5 rings (SSSR count). The highest BCUT2D eigenvalue weighted by molar-refractivity contribution is 7.13. The maximum absolute atomic E-state index is 13.8. The van der Waals surface area contributed by atoms with E-state index in [-0.39, 0.29) is 24.9 Å². The van der Waals surface area contributed by atoms with Gasteiger partial charge in [-0.2, -0.15) is 4.80 Å². The van der Waals surface area contributed by atoms with Crippen molar-refractivity contribution in [1.29, 1.82) is 0 Å². The Labute approximate surface area is 216 Å². The van der Waals surface area contributed by atoms with Gasteiger partial charge in [-0.1, -0.05) is 37.6 Å². The number of tetrazole rings is 1. The van der Waals surface area contributed by atoms with Crippen molar-refractivity contribution in [2.75, 3.05) is 4.90 Å². The molecule has 0 radical (unpaired) electrons. The molecule has 0 saturated heterocycles. The number of hydrogen-bond acceptors (Lipinski definition) is 8. The van der Waals surface area contributed by atoms with Gasteiger partial charge >= 0.3 is 0 Å². The third-order valence-electron chi connectivity index (χ3n) is 5.79. The van der Waals surface area contributed by atoms with Crippen molar-refractivity contribution >= 4 is 39.7 Å². The molecule has 0 aliphatic rings. The van der Waals surface area contributed by atoms with Crippen molar-refractivity contribution in [2.45, 2.75) is 38.9 Å². The number of fused-ring (bicyclic) bond motifs is 1. The monoisotopic (exact) mass is 515 g/mol. The van der Waals surface area contributed by atoms with Crippen molar-refractivity contribution < 1.29 is 14.0 Å². The fourth-order valence-corrected chi connectivity index (χ4v) is 4.70. The molecule has 0 fully saturated rings. The van der Waals surface area contributed by atoms with Crippen molar-refractivity contribution in [3.8, 4) is 10.7 Å². The molecule has 0 saturated carbocycles. The molecule has 10 nitrogen and oxygen atoms in total. The Morgan fingerprint density at radius 3 is 2.84 bits per heavy atom. The van der Waals surface area contributed by atoms with Crippen LogP contribution in [0, 0.1) is 0 Å². The highest BCUT2D eigenvalue weighted by atomic mass is 32.1. The number of furan rings is 1. The number of hydrogen-bond donors (Lipinski definition) is 1. The van der Waals surface area contributed by atoms with Crippen molar-refractivity contribution in [3.05, 3.63) is 78.2 Å². The number of benzene rings is 1. The lowest BCUT2D eigenvalue weighted by Gasteiger charge is -2.30. The Kier molecular flexibility index (Phi) is 7.31. The number of pyridine rings is 1. The van der Waals surface area contributed by atoms with Crippen LogP contribution >= 0.6 is 11.3 Å². The second-order valence-corrected chi connectivity index (χ2v) is 9.32. The molecule has 2 amide bonds. The molecular formula is C26H25N7O3S. The number of amides is 2. The molecule has 188 valence electrons. The first-order valence-corrected chi connectivity index (χ1v) is 12.8. The Morgan fingerprint density at radius 2 is 2.05 bits per heavy atom. The maximum atomic E-state index is 13.8. The molecule has 1 N–H and O–H groups in total. The van der Waals surface area contributed by atoms with Gasteiger partial charge in [0.1, 0.15) is 18.3 Å². The van der Waals surface area contributed by atoms with E-state index in [0.29, 0.717) is 30.1 Å². The first kappa shape index (κ1) is 24.3. The molecule has 0 unspecified atom stereocenters. The maximum Gasteiger partial charge on any atom is 0.251 e. The van der Waals surface area contributed by atoms with Crippen molar-refractivity contribution in [3.63, 3.8) is 0 Å². The number of aromatic nitrogens is 5. The summed E-state index contributed by atoms with van der Waals surface area (Å²) in [6.45, 7) is 2.01. The lowest BCUT2D eigenvalue weighted by atomic mass is 10.1. The van der Waals surface area contributed by atoms with Crippen LogP contribution in [0.2, 0.25) is 0 Å². The SMILES string of the molecule is CCC[C@@H](C(=O)NCc1ccco1)N(C(=O)Cn1nnc(-c2cccs2)n1)c1cnc2ccccc2c1. The van der Waals surface area contributed by atoms with Gasteiger partial charge in [-0.05, 0) is 47.3 Å². The number of anilines is 1. The van der Waals surface area contributed by atoms with Crippen molar-refractivity contribution in [1.82, 2.24) is 30.5 Å². The van der Waals surface area contributed by atoms with Gasteiger partial charge < -0.3 is 9.73 Å². The average molecular weight is 516 g/mol. The zero-order valence-corrected chi connectivity index (χ0v) is 21.0. The zero-order valence-electron chi connectivity index (χ0n) is 20.2. The summed E-state index contributed by atoms with van der Waals surface area (Å²) in [6, 6.07) is 16.1. The van der Waals surface area contributed by atoms with Crippen LogP contribution in [0.4, 0.5) is 5.69 Å². The molecule has 4 heterocycles. The van der Waals surface area contributed by atoms with Crippen LogP contribution in [0.15, 0.2) is 76.9 Å². The van der Waals surface area contributed by atoms with Crippen LogP contribution in [0.5, 0.6) is 0 Å². The number of nitrogens with zero attached hydrogens (tertiary/aromatic N) is 6. The number of nitrogens with one attached hydrogen (secondary N) is 1. The highest BCUT2D eigenvalue weighted by Gasteiger charge is 2.31. The topological polar surface area (TPSA) is 119 Å². The fourth-order valence-electron chi connectivity index (χ4n) is 4.06. The number of thiophene rings is 1. The van der Waals surface area contributed by atoms with E-state index in [9.17, 15) is 9.59 Å². The summed E-state index contributed by atoms with van der Waals surface area (Å²) in [5.41, 5.74) is 1.32. The van der Waals surface area contributed by atoms with Gasteiger partial charge in [0.05, 0.1) is 35.1 Å². The van der Waals surface area contributed by atoms with Crippen LogP contribution in [-0.2, 0) is 22.7 Å². The van der Waals surface area contributed by atoms with E-state index < -0.39 is 6.04 Å². The summed E-state index contributed by atoms with van der Waals surface area (Å²) < 4.78 is 5.35. The number of para-hydroxylation sites is 1. The van der Waals surface area contributed by atoms with Gasteiger partial charge in [0, 0.05) is 5.39 Å². The van der Waals surface area contributed by atoms with Gasteiger partial charge in [0.25, 0.3) is 5.91 Å². The Morgan fingerprint density at radius 1 is 1.16 bits per heavy atom. The third-order valence-corrected chi connectivity index (χ3v) is 6.65. The second-order valence-electron chi connectivity index (χ2n) is 8.37. The van der Waals surface area contributed by atoms with E-state index >= 15 is 0 Å². The molecule has 37 heavy (non-hydrogen) atoms. The minimum atomic E-state index is -0.768. The number of carbonyl (C=O) groups excluding carboxylic acids is 2. The smallest absolute Gasteiger partial charge is 0.251 e. The minimum absolute atomic E-state index is 0.184. The van der Waals surface area contributed by atoms with Crippen molar-refractivity contribution in [2.24, 2.45) is 0 Å². The number of rotatable bonds is 10. The predicted molar refractivity (Wildman–Crippen MR) is 140 cm³/mol. The lowest BCUT2D eigenvalue weighted by molar-refractivity contribution is -0.127. The molecule has 1 aromatic carbocycles. The van der Waals surface area contributed by atoms with Crippen LogP contribution in [0.1, 0.15) is 25.5 Å². The zero-order chi connectivity index (χ0) is 25.6. The summed E-state index contributed by atoms with van der Waals surface area (Å²) >= 11 is 1.49. The van der Waals surface area contributed by atoms with E-state index in [4.69, 9.17) is 4.42 Å². The van der Waals surface area contributed by atoms with E-state index in [1.165, 1.54) is 21.0 Å². The molecule has 0 bridgehead atoms. The van der Waals surface area contributed by atoms with Crippen LogP contribution in [0.3, 0.4) is 0 Å². The standard InChI is InChI=1S/C26H25N7O3S/c1-2-7-22(26(35)28-16-20-9-5-12-36-20)33(19-14-18-8-3-4-10-21(18)27-15-19)24(34)17-32-30-25(29-31-32)23-11-6-13-37-23/h3-6,8-15,22H,2,7,16-17H2,1H3,(H,28,35)/t22-/m0/s1. The summed E-state index contributed by atoms with van der Waals surface area (Å²) in [6.07, 6.45) is 4.31. The first-order valence-electron chi connectivity index (χ1n) is 11.9. The molecule has 5 aromatic rings. The van der Waals surface area contributed by atoms with Gasteiger partial charge in [-0.15, -0.1) is 21.5 Å². The van der Waals surface area contributed by atoms with Gasteiger partial charge in [-0.3, -0.25) is 19.5 Å². The molecule has 4 aromatic heterocycles. The molecule has 1 atom stereocenters. The molecule has 0 aliphatic heterocycles. The quantitative estimate of drug-likeness (QED) is 0.298. The van der Waals surface area contributed by atoms with E-state index in [1.54, 1.807) is 24.6 Å². The van der Waals surface area contributed by atoms with Crippen LogP contribution < -0.4 is 10.2 Å². The molecule has 0 spiro atoms. The minimum Gasteiger partial charge on any atom is -0.467 e. The number of carbonyl (C=O) groups is 2.